The molecule has 136 valence electrons. The Morgan fingerprint density at radius 3 is 2.81 bits per heavy atom. The van der Waals surface area contributed by atoms with Gasteiger partial charge in [-0.25, -0.2) is 4.79 Å². The average Bonchev–Trinajstić information content (AvgIpc) is 3.49. The van der Waals surface area contributed by atoms with Crippen molar-refractivity contribution in [2.75, 3.05) is 7.11 Å². The largest absolute Gasteiger partial charge is 0.380 e. The van der Waals surface area contributed by atoms with Gasteiger partial charge in [0, 0.05) is 36.5 Å². The normalized spacial score (nSPS) is 14.3. The van der Waals surface area contributed by atoms with E-state index in [-0.39, 0.29) is 5.69 Å². The van der Waals surface area contributed by atoms with Crippen LogP contribution in [0.15, 0.2) is 53.7 Å². The summed E-state index contributed by atoms with van der Waals surface area (Å²) in [5, 5.41) is 2.18. The Morgan fingerprint density at radius 2 is 2.00 bits per heavy atom. The molecule has 0 spiro atoms. The topological polar surface area (TPSA) is 61.9 Å². The van der Waals surface area contributed by atoms with E-state index in [1.54, 1.807) is 24.1 Å². The first kappa shape index (κ1) is 16.2. The van der Waals surface area contributed by atoms with Crippen molar-refractivity contribution < 1.29 is 4.74 Å². The fourth-order valence-corrected chi connectivity index (χ4v) is 3.82. The summed E-state index contributed by atoms with van der Waals surface area (Å²) in [6, 6.07) is 10.4. The maximum Gasteiger partial charge on any atom is 0.329 e. The van der Waals surface area contributed by atoms with E-state index in [4.69, 9.17) is 4.74 Å². The van der Waals surface area contributed by atoms with Crippen LogP contribution in [0.4, 0.5) is 0 Å². The molecule has 4 aromatic rings. The summed E-state index contributed by atoms with van der Waals surface area (Å²) in [4.78, 5) is 22.1. The number of imidazole rings is 1. The van der Waals surface area contributed by atoms with Crippen LogP contribution < -0.4 is 5.69 Å². The SMILES string of the molecule is COCc1c(Cn2c(=O)n(C3CC3)c3ccncc32)ncc2ccccc12. The van der Waals surface area contributed by atoms with Crippen LogP contribution in [0.25, 0.3) is 21.8 Å². The first-order valence-electron chi connectivity index (χ1n) is 9.17. The molecule has 1 aliphatic rings. The van der Waals surface area contributed by atoms with Crippen LogP contribution in [0.2, 0.25) is 0 Å². The highest BCUT2D eigenvalue weighted by Gasteiger charge is 2.29. The van der Waals surface area contributed by atoms with Crippen LogP contribution in [0, 0.1) is 0 Å². The van der Waals surface area contributed by atoms with Gasteiger partial charge in [0.2, 0.25) is 0 Å². The van der Waals surface area contributed by atoms with Gasteiger partial charge in [0.15, 0.2) is 0 Å². The van der Waals surface area contributed by atoms with Gasteiger partial charge in [-0.1, -0.05) is 24.3 Å². The molecule has 1 fully saturated rings. The third-order valence-corrected chi connectivity index (χ3v) is 5.27. The molecule has 0 bridgehead atoms. The molecule has 0 N–H and O–H groups in total. The quantitative estimate of drug-likeness (QED) is 0.548. The monoisotopic (exact) mass is 360 g/mol. The number of benzene rings is 1. The van der Waals surface area contributed by atoms with Gasteiger partial charge in [-0.15, -0.1) is 0 Å². The molecular weight excluding hydrogens is 340 g/mol. The minimum absolute atomic E-state index is 0.0128. The molecule has 0 saturated heterocycles. The van der Waals surface area contributed by atoms with Crippen molar-refractivity contribution in [3.05, 3.63) is 70.7 Å². The molecule has 3 heterocycles. The zero-order valence-corrected chi connectivity index (χ0v) is 15.1. The van der Waals surface area contributed by atoms with Gasteiger partial charge < -0.3 is 4.74 Å². The van der Waals surface area contributed by atoms with E-state index in [1.165, 1.54) is 0 Å². The lowest BCUT2D eigenvalue weighted by molar-refractivity contribution is 0.184. The van der Waals surface area contributed by atoms with Gasteiger partial charge in [0.05, 0.1) is 36.1 Å². The van der Waals surface area contributed by atoms with Crippen molar-refractivity contribution in [3.8, 4) is 0 Å². The number of methoxy groups -OCH3 is 1. The minimum Gasteiger partial charge on any atom is -0.380 e. The van der Waals surface area contributed by atoms with Crippen molar-refractivity contribution in [2.45, 2.75) is 32.0 Å². The summed E-state index contributed by atoms with van der Waals surface area (Å²) in [6.45, 7) is 0.863. The Kier molecular flexibility index (Phi) is 3.79. The maximum atomic E-state index is 13.1. The molecule has 6 nitrogen and oxygen atoms in total. The number of pyridine rings is 2. The number of aromatic nitrogens is 4. The minimum atomic E-state index is 0.0128. The van der Waals surface area contributed by atoms with Gasteiger partial charge >= 0.3 is 5.69 Å². The Morgan fingerprint density at radius 1 is 1.15 bits per heavy atom. The van der Waals surface area contributed by atoms with Crippen LogP contribution in [-0.2, 0) is 17.9 Å². The predicted molar refractivity (Wildman–Crippen MR) is 104 cm³/mol. The van der Waals surface area contributed by atoms with Crippen molar-refractivity contribution in [3.63, 3.8) is 0 Å². The third-order valence-electron chi connectivity index (χ3n) is 5.27. The molecule has 1 aromatic carbocycles. The van der Waals surface area contributed by atoms with E-state index >= 15 is 0 Å². The highest BCUT2D eigenvalue weighted by Crippen LogP contribution is 2.36. The van der Waals surface area contributed by atoms with Crippen molar-refractivity contribution in [2.24, 2.45) is 0 Å². The lowest BCUT2D eigenvalue weighted by Gasteiger charge is -2.12. The Hall–Kier alpha value is -2.99. The third kappa shape index (κ3) is 2.64. The van der Waals surface area contributed by atoms with Crippen LogP contribution in [-0.4, -0.2) is 26.2 Å². The van der Waals surface area contributed by atoms with E-state index in [1.807, 2.05) is 35.0 Å². The second kappa shape index (κ2) is 6.32. The van der Waals surface area contributed by atoms with Crippen molar-refractivity contribution in [1.82, 2.24) is 19.1 Å². The summed E-state index contributed by atoms with van der Waals surface area (Å²) in [5.74, 6) is 0. The molecule has 0 aliphatic heterocycles. The second-order valence-electron chi connectivity index (χ2n) is 7.04. The smallest absolute Gasteiger partial charge is 0.329 e. The molecule has 27 heavy (non-hydrogen) atoms. The van der Waals surface area contributed by atoms with Gasteiger partial charge in [-0.05, 0) is 24.3 Å². The number of ether oxygens (including phenoxy) is 1. The first-order chi connectivity index (χ1) is 13.3. The summed E-state index contributed by atoms with van der Waals surface area (Å²) >= 11 is 0. The predicted octanol–water partition coefficient (Wildman–Crippen LogP) is 3.28. The molecule has 1 saturated carbocycles. The van der Waals surface area contributed by atoms with E-state index in [0.717, 1.165) is 45.9 Å². The molecule has 3 aromatic heterocycles. The molecule has 0 unspecified atom stereocenters. The van der Waals surface area contributed by atoms with Crippen LogP contribution in [0.5, 0.6) is 0 Å². The van der Waals surface area contributed by atoms with Gasteiger partial charge in [-0.3, -0.25) is 19.1 Å². The number of rotatable bonds is 5. The van der Waals surface area contributed by atoms with Crippen LogP contribution in [0.3, 0.4) is 0 Å². The highest BCUT2D eigenvalue weighted by atomic mass is 16.5. The van der Waals surface area contributed by atoms with E-state index in [9.17, 15) is 4.79 Å². The second-order valence-corrected chi connectivity index (χ2v) is 7.04. The van der Waals surface area contributed by atoms with E-state index in [2.05, 4.69) is 16.0 Å². The summed E-state index contributed by atoms with van der Waals surface area (Å²) < 4.78 is 9.14. The lowest BCUT2D eigenvalue weighted by atomic mass is 10.0. The van der Waals surface area contributed by atoms with Crippen molar-refractivity contribution in [1.29, 1.82) is 0 Å². The number of nitrogens with zero attached hydrogens (tertiary/aromatic N) is 4. The number of fused-ring (bicyclic) bond motifs is 2. The van der Waals surface area contributed by atoms with Gasteiger partial charge in [-0.2, -0.15) is 0 Å². The van der Waals surface area contributed by atoms with Crippen LogP contribution >= 0.6 is 0 Å². The molecule has 0 radical (unpaired) electrons. The van der Waals surface area contributed by atoms with E-state index in [0.29, 0.717) is 19.2 Å². The fraction of sp³-hybridized carbons (Fsp3) is 0.286. The molecule has 6 heteroatoms. The standard InChI is InChI=1S/C21H20N4O2/c1-27-13-17-16-5-3-2-4-14(16)10-23-18(17)12-24-20-11-22-9-8-19(20)25(21(24)26)15-6-7-15/h2-5,8-11,15H,6-7,12-13H2,1H3. The molecule has 1 aliphatic carbocycles. The molecule has 0 amide bonds. The van der Waals surface area contributed by atoms with Crippen molar-refractivity contribution >= 4 is 21.8 Å². The number of hydrogen-bond acceptors (Lipinski definition) is 4. The lowest BCUT2D eigenvalue weighted by Crippen LogP contribution is -2.25. The molecular formula is C21H20N4O2. The maximum absolute atomic E-state index is 13.1. The van der Waals surface area contributed by atoms with Crippen LogP contribution in [0.1, 0.15) is 30.1 Å². The Bertz CT molecular complexity index is 1200. The first-order valence-corrected chi connectivity index (χ1v) is 9.17. The Balaban J connectivity index is 1.69. The average molecular weight is 360 g/mol. The Labute approximate surface area is 156 Å². The highest BCUT2D eigenvalue weighted by molar-refractivity contribution is 5.85. The fourth-order valence-electron chi connectivity index (χ4n) is 3.82. The van der Waals surface area contributed by atoms with E-state index < -0.39 is 0 Å². The zero-order valence-electron chi connectivity index (χ0n) is 15.1. The number of hydrogen-bond donors (Lipinski definition) is 0. The molecule has 5 rings (SSSR count). The molecule has 0 atom stereocenters. The van der Waals surface area contributed by atoms with Gasteiger partial charge in [0.25, 0.3) is 0 Å². The summed E-state index contributed by atoms with van der Waals surface area (Å²) in [6.07, 6.45) is 7.50. The zero-order chi connectivity index (χ0) is 18.4. The van der Waals surface area contributed by atoms with Gasteiger partial charge in [0.1, 0.15) is 0 Å². The summed E-state index contributed by atoms with van der Waals surface area (Å²) in [7, 11) is 1.68. The summed E-state index contributed by atoms with van der Waals surface area (Å²) in [5.41, 5.74) is 3.70.